The van der Waals surface area contributed by atoms with Gasteiger partial charge in [0.1, 0.15) is 12.1 Å². The van der Waals surface area contributed by atoms with Gasteiger partial charge in [0.25, 0.3) is 0 Å². The minimum absolute atomic E-state index is 0.977. The molecule has 0 bridgehead atoms. The molecule has 0 saturated carbocycles. The molecule has 1 fully saturated rings. The summed E-state index contributed by atoms with van der Waals surface area (Å²) in [4.78, 5) is 13.3. The van der Waals surface area contributed by atoms with Gasteiger partial charge in [0.15, 0.2) is 0 Å². The largest absolute Gasteiger partial charge is 0.354 e. The molecule has 106 valence electrons. The maximum absolute atomic E-state index is 4.36. The van der Waals surface area contributed by atoms with E-state index in [4.69, 9.17) is 0 Å². The lowest BCUT2D eigenvalue weighted by molar-refractivity contribution is 0.249. The molecule has 20 heavy (non-hydrogen) atoms. The molecule has 0 spiro atoms. The summed E-state index contributed by atoms with van der Waals surface area (Å²) in [6.07, 6.45) is 5.67. The van der Waals surface area contributed by atoms with Crippen LogP contribution in [0.2, 0.25) is 0 Å². The number of aromatic nitrogens is 4. The van der Waals surface area contributed by atoms with Gasteiger partial charge in [-0.1, -0.05) is 0 Å². The lowest BCUT2D eigenvalue weighted by Gasteiger charge is -2.35. The fourth-order valence-corrected chi connectivity index (χ4v) is 2.56. The molecule has 0 aromatic carbocycles. The number of aryl methyl sites for hydroxylation is 2. The highest BCUT2D eigenvalue weighted by atomic mass is 15.3. The molecule has 0 radical (unpaired) electrons. The average molecular weight is 272 g/mol. The van der Waals surface area contributed by atoms with E-state index >= 15 is 0 Å². The molecule has 6 nitrogen and oxygen atoms in total. The Hall–Kier alpha value is -1.95. The first-order valence-corrected chi connectivity index (χ1v) is 6.94. The van der Waals surface area contributed by atoms with E-state index in [1.165, 1.54) is 5.56 Å². The fraction of sp³-hybridized carbons (Fsp3) is 0.500. The van der Waals surface area contributed by atoms with Gasteiger partial charge in [0.05, 0.1) is 6.20 Å². The summed E-state index contributed by atoms with van der Waals surface area (Å²) in [6, 6.07) is 2.05. The molecule has 1 aliphatic rings. The Morgan fingerprint density at radius 1 is 1.15 bits per heavy atom. The third-order valence-corrected chi connectivity index (χ3v) is 3.65. The molecule has 0 aliphatic carbocycles. The Labute approximate surface area is 119 Å². The third kappa shape index (κ3) is 2.96. The summed E-state index contributed by atoms with van der Waals surface area (Å²) in [6.45, 7) is 7.11. The number of nitrogens with zero attached hydrogens (tertiary/aromatic N) is 6. The van der Waals surface area contributed by atoms with Crippen LogP contribution >= 0.6 is 0 Å². The highest BCUT2D eigenvalue weighted by Crippen LogP contribution is 2.14. The van der Waals surface area contributed by atoms with Crippen molar-refractivity contribution in [1.29, 1.82) is 0 Å². The van der Waals surface area contributed by atoms with Crippen LogP contribution < -0.4 is 4.90 Å². The molecule has 3 heterocycles. The zero-order chi connectivity index (χ0) is 13.9. The lowest BCUT2D eigenvalue weighted by atomic mass is 10.2. The van der Waals surface area contributed by atoms with Crippen LogP contribution in [0.15, 0.2) is 24.8 Å². The molecule has 2 aromatic rings. The Morgan fingerprint density at radius 3 is 2.60 bits per heavy atom. The summed E-state index contributed by atoms with van der Waals surface area (Å²) < 4.78 is 1.86. The van der Waals surface area contributed by atoms with E-state index in [1.807, 2.05) is 24.9 Å². The van der Waals surface area contributed by atoms with Crippen molar-refractivity contribution < 1.29 is 0 Å². The summed E-state index contributed by atoms with van der Waals surface area (Å²) in [5.74, 6) is 1.04. The van der Waals surface area contributed by atoms with E-state index in [-0.39, 0.29) is 0 Å². The fourth-order valence-electron chi connectivity index (χ4n) is 2.56. The van der Waals surface area contributed by atoms with Gasteiger partial charge in [0.2, 0.25) is 0 Å². The maximum Gasteiger partial charge on any atom is 0.132 e. The van der Waals surface area contributed by atoms with Crippen LogP contribution in [0.25, 0.3) is 0 Å². The van der Waals surface area contributed by atoms with Gasteiger partial charge in [-0.15, -0.1) is 0 Å². The van der Waals surface area contributed by atoms with E-state index in [1.54, 1.807) is 6.33 Å². The van der Waals surface area contributed by atoms with Crippen molar-refractivity contribution >= 4 is 5.82 Å². The molecule has 1 aliphatic heterocycles. The SMILES string of the molecule is Cc1cc(N2CCN(Cc3cnn(C)c3)CC2)ncn1. The van der Waals surface area contributed by atoms with Gasteiger partial charge >= 0.3 is 0 Å². The number of anilines is 1. The molecule has 3 rings (SSSR count). The van der Waals surface area contributed by atoms with Crippen LogP contribution in [0.1, 0.15) is 11.3 Å². The Kier molecular flexibility index (Phi) is 3.64. The van der Waals surface area contributed by atoms with Gasteiger partial charge < -0.3 is 4.90 Å². The lowest BCUT2D eigenvalue weighted by Crippen LogP contribution is -2.46. The number of hydrogen-bond acceptors (Lipinski definition) is 5. The van der Waals surface area contributed by atoms with Crippen molar-refractivity contribution in [3.8, 4) is 0 Å². The molecule has 0 N–H and O–H groups in total. The highest BCUT2D eigenvalue weighted by molar-refractivity contribution is 5.39. The Balaban J connectivity index is 1.57. The number of piperazine rings is 1. The Bertz CT molecular complexity index is 571. The van der Waals surface area contributed by atoms with Crippen LogP contribution in [0.4, 0.5) is 5.82 Å². The molecule has 1 saturated heterocycles. The van der Waals surface area contributed by atoms with Crippen LogP contribution in [-0.4, -0.2) is 50.8 Å². The monoisotopic (exact) mass is 272 g/mol. The predicted molar refractivity (Wildman–Crippen MR) is 77.5 cm³/mol. The molecule has 2 aromatic heterocycles. The standard InChI is InChI=1S/C14H20N6/c1-12-7-14(16-11-15-12)20-5-3-19(4-6-20)10-13-8-17-18(2)9-13/h7-9,11H,3-6,10H2,1-2H3. The second-order valence-electron chi connectivity index (χ2n) is 5.30. The van der Waals surface area contributed by atoms with Crippen LogP contribution in [0.3, 0.4) is 0 Å². The van der Waals surface area contributed by atoms with Crippen molar-refractivity contribution in [3.63, 3.8) is 0 Å². The summed E-state index contributed by atoms with van der Waals surface area (Å²) >= 11 is 0. The van der Waals surface area contributed by atoms with Gasteiger partial charge in [0, 0.05) is 63.3 Å². The smallest absolute Gasteiger partial charge is 0.132 e. The van der Waals surface area contributed by atoms with Crippen molar-refractivity contribution in [2.75, 3.05) is 31.1 Å². The van der Waals surface area contributed by atoms with Crippen molar-refractivity contribution in [1.82, 2.24) is 24.6 Å². The zero-order valence-electron chi connectivity index (χ0n) is 12.0. The van der Waals surface area contributed by atoms with E-state index in [0.717, 1.165) is 44.2 Å². The molecule has 6 heteroatoms. The first kappa shape index (κ1) is 13.1. The van der Waals surface area contributed by atoms with E-state index < -0.39 is 0 Å². The van der Waals surface area contributed by atoms with Crippen LogP contribution in [0, 0.1) is 6.92 Å². The second kappa shape index (κ2) is 5.58. The predicted octanol–water partition coefficient (Wildman–Crippen LogP) is 0.841. The first-order valence-electron chi connectivity index (χ1n) is 6.94. The van der Waals surface area contributed by atoms with Gasteiger partial charge in [-0.05, 0) is 6.92 Å². The Morgan fingerprint density at radius 2 is 1.95 bits per heavy atom. The first-order chi connectivity index (χ1) is 9.70. The van der Waals surface area contributed by atoms with E-state index in [0.29, 0.717) is 0 Å². The summed E-state index contributed by atoms with van der Waals surface area (Å²) in [7, 11) is 1.96. The topological polar surface area (TPSA) is 50.1 Å². The average Bonchev–Trinajstić information content (AvgIpc) is 2.85. The van der Waals surface area contributed by atoms with Gasteiger partial charge in [-0.25, -0.2) is 9.97 Å². The molecular weight excluding hydrogens is 252 g/mol. The van der Waals surface area contributed by atoms with Crippen molar-refractivity contribution in [2.24, 2.45) is 7.05 Å². The second-order valence-corrected chi connectivity index (χ2v) is 5.30. The summed E-state index contributed by atoms with van der Waals surface area (Å²) in [5.41, 5.74) is 2.30. The van der Waals surface area contributed by atoms with Crippen LogP contribution in [-0.2, 0) is 13.6 Å². The van der Waals surface area contributed by atoms with Gasteiger partial charge in [-0.3, -0.25) is 9.58 Å². The molecular formula is C14H20N6. The molecule has 0 atom stereocenters. The quantitative estimate of drug-likeness (QED) is 0.829. The number of hydrogen-bond donors (Lipinski definition) is 0. The molecule has 0 unspecified atom stereocenters. The van der Waals surface area contributed by atoms with E-state index in [9.17, 15) is 0 Å². The minimum Gasteiger partial charge on any atom is -0.354 e. The zero-order valence-corrected chi connectivity index (χ0v) is 12.0. The third-order valence-electron chi connectivity index (χ3n) is 3.65. The number of rotatable bonds is 3. The van der Waals surface area contributed by atoms with Gasteiger partial charge in [-0.2, -0.15) is 5.10 Å². The molecule has 0 amide bonds. The normalized spacial score (nSPS) is 16.6. The van der Waals surface area contributed by atoms with Crippen molar-refractivity contribution in [3.05, 3.63) is 36.0 Å². The minimum atomic E-state index is 0.977. The highest BCUT2D eigenvalue weighted by Gasteiger charge is 2.18. The summed E-state index contributed by atoms with van der Waals surface area (Å²) in [5, 5.41) is 4.22. The maximum atomic E-state index is 4.36. The van der Waals surface area contributed by atoms with E-state index in [2.05, 4.69) is 37.1 Å². The van der Waals surface area contributed by atoms with Crippen molar-refractivity contribution in [2.45, 2.75) is 13.5 Å². The van der Waals surface area contributed by atoms with Crippen LogP contribution in [0.5, 0.6) is 0 Å².